The standard InChI is InChI=1S/C14H28N2O4/c1-6-9(7-2)8-10(11(17)12(15)18)16-13(19)20-14(3,4)5/h9-11,17H,6-8H2,1-5H3,(H2,15,18)(H,16,19). The lowest BCUT2D eigenvalue weighted by molar-refractivity contribution is -0.127. The molecule has 0 fully saturated rings. The predicted octanol–water partition coefficient (Wildman–Crippen LogP) is 1.55. The van der Waals surface area contributed by atoms with Crippen LogP contribution in [0.15, 0.2) is 0 Å². The lowest BCUT2D eigenvalue weighted by atomic mass is 9.92. The third-order valence-electron chi connectivity index (χ3n) is 3.12. The van der Waals surface area contributed by atoms with E-state index < -0.39 is 29.7 Å². The van der Waals surface area contributed by atoms with E-state index in [-0.39, 0.29) is 0 Å². The van der Waals surface area contributed by atoms with Crippen LogP contribution < -0.4 is 11.1 Å². The quantitative estimate of drug-likeness (QED) is 0.661. The maximum atomic E-state index is 11.8. The van der Waals surface area contributed by atoms with Crippen LogP contribution in [0.25, 0.3) is 0 Å². The molecule has 2 atom stereocenters. The first-order valence-electron chi connectivity index (χ1n) is 7.07. The number of aliphatic hydroxyl groups is 1. The normalized spacial score (nSPS) is 14.8. The lowest BCUT2D eigenvalue weighted by Crippen LogP contribution is -2.51. The number of nitrogens with two attached hydrogens (primary N) is 1. The Bertz CT molecular complexity index is 322. The summed E-state index contributed by atoms with van der Waals surface area (Å²) in [6, 6.07) is -0.729. The molecule has 6 nitrogen and oxygen atoms in total. The van der Waals surface area contributed by atoms with Crippen LogP contribution in [-0.4, -0.2) is 34.9 Å². The highest BCUT2D eigenvalue weighted by Crippen LogP contribution is 2.17. The highest BCUT2D eigenvalue weighted by Gasteiger charge is 2.29. The molecule has 0 saturated carbocycles. The summed E-state index contributed by atoms with van der Waals surface area (Å²) in [4.78, 5) is 22.9. The minimum absolute atomic E-state index is 0.295. The zero-order chi connectivity index (χ0) is 15.9. The fourth-order valence-electron chi connectivity index (χ4n) is 1.91. The Morgan fingerprint density at radius 1 is 1.25 bits per heavy atom. The Hall–Kier alpha value is -1.30. The molecule has 0 saturated heterocycles. The van der Waals surface area contributed by atoms with Crippen LogP contribution >= 0.6 is 0 Å². The highest BCUT2D eigenvalue weighted by molar-refractivity contribution is 5.80. The Balaban J connectivity index is 4.77. The number of rotatable bonds is 7. The Morgan fingerprint density at radius 3 is 2.10 bits per heavy atom. The fourth-order valence-corrected chi connectivity index (χ4v) is 1.91. The van der Waals surface area contributed by atoms with Gasteiger partial charge in [0.05, 0.1) is 6.04 Å². The van der Waals surface area contributed by atoms with Gasteiger partial charge in [-0.25, -0.2) is 4.79 Å². The summed E-state index contributed by atoms with van der Waals surface area (Å²) in [5.74, 6) is -0.555. The number of aliphatic hydroxyl groups excluding tert-OH is 1. The Kier molecular flexibility index (Phi) is 7.57. The predicted molar refractivity (Wildman–Crippen MR) is 77.0 cm³/mol. The van der Waals surface area contributed by atoms with Gasteiger partial charge in [-0.1, -0.05) is 26.7 Å². The van der Waals surface area contributed by atoms with Gasteiger partial charge in [-0.2, -0.15) is 0 Å². The number of carbonyl (C=O) groups is 2. The number of nitrogens with one attached hydrogen (secondary N) is 1. The van der Waals surface area contributed by atoms with E-state index in [2.05, 4.69) is 5.32 Å². The van der Waals surface area contributed by atoms with Gasteiger partial charge in [0, 0.05) is 0 Å². The molecular weight excluding hydrogens is 260 g/mol. The average molecular weight is 288 g/mol. The molecule has 0 aliphatic carbocycles. The maximum Gasteiger partial charge on any atom is 0.407 e. The molecule has 0 heterocycles. The molecule has 0 aromatic heterocycles. The van der Waals surface area contributed by atoms with Gasteiger partial charge < -0.3 is 20.9 Å². The molecule has 2 amide bonds. The monoisotopic (exact) mass is 288 g/mol. The second kappa shape index (κ2) is 8.09. The number of amides is 2. The number of carbonyl (C=O) groups excluding carboxylic acids is 2. The molecule has 0 aliphatic heterocycles. The van der Waals surface area contributed by atoms with Crippen LogP contribution in [0.4, 0.5) is 4.79 Å². The van der Waals surface area contributed by atoms with Crippen LogP contribution in [0.1, 0.15) is 53.9 Å². The molecule has 2 unspecified atom stereocenters. The van der Waals surface area contributed by atoms with Crippen LogP contribution in [0, 0.1) is 5.92 Å². The highest BCUT2D eigenvalue weighted by atomic mass is 16.6. The zero-order valence-electron chi connectivity index (χ0n) is 13.1. The van der Waals surface area contributed by atoms with Crippen molar-refractivity contribution in [2.24, 2.45) is 11.7 Å². The average Bonchev–Trinajstić information content (AvgIpc) is 2.30. The van der Waals surface area contributed by atoms with Gasteiger partial charge in [-0.3, -0.25) is 4.79 Å². The molecule has 0 aromatic carbocycles. The van der Waals surface area contributed by atoms with Crippen LogP contribution in [0.5, 0.6) is 0 Å². The van der Waals surface area contributed by atoms with Gasteiger partial charge in [0.25, 0.3) is 0 Å². The molecule has 4 N–H and O–H groups in total. The molecule has 0 spiro atoms. The molecule has 20 heavy (non-hydrogen) atoms. The third-order valence-corrected chi connectivity index (χ3v) is 3.12. The first-order chi connectivity index (χ1) is 9.10. The van der Waals surface area contributed by atoms with Crippen LogP contribution in [0.3, 0.4) is 0 Å². The van der Waals surface area contributed by atoms with Gasteiger partial charge >= 0.3 is 6.09 Å². The van der Waals surface area contributed by atoms with Gasteiger partial charge in [0.2, 0.25) is 5.91 Å². The first-order valence-corrected chi connectivity index (χ1v) is 7.07. The van der Waals surface area contributed by atoms with E-state index in [9.17, 15) is 14.7 Å². The molecule has 0 radical (unpaired) electrons. The van der Waals surface area contributed by atoms with Crippen molar-refractivity contribution in [2.45, 2.75) is 71.6 Å². The van der Waals surface area contributed by atoms with E-state index in [1.165, 1.54) is 0 Å². The molecule has 0 bridgehead atoms. The van der Waals surface area contributed by atoms with Crippen LogP contribution in [-0.2, 0) is 9.53 Å². The summed E-state index contributed by atoms with van der Waals surface area (Å²) in [6.07, 6.45) is 0.205. The summed E-state index contributed by atoms with van der Waals surface area (Å²) in [5, 5.41) is 12.4. The van der Waals surface area contributed by atoms with Crippen molar-refractivity contribution in [2.75, 3.05) is 0 Å². The smallest absolute Gasteiger partial charge is 0.407 e. The van der Waals surface area contributed by atoms with Crippen molar-refractivity contribution in [1.29, 1.82) is 0 Å². The molecular formula is C14H28N2O4. The number of primary amides is 1. The second-order valence-electron chi connectivity index (χ2n) is 6.02. The van der Waals surface area contributed by atoms with Crippen molar-refractivity contribution in [3.05, 3.63) is 0 Å². The van der Waals surface area contributed by atoms with E-state index in [1.54, 1.807) is 20.8 Å². The SMILES string of the molecule is CCC(CC)CC(NC(=O)OC(C)(C)C)C(O)C(N)=O. The summed E-state index contributed by atoms with van der Waals surface area (Å²) >= 11 is 0. The topological polar surface area (TPSA) is 102 Å². The van der Waals surface area contributed by atoms with Crippen molar-refractivity contribution < 1.29 is 19.4 Å². The Labute approximate surface area is 121 Å². The van der Waals surface area contributed by atoms with Crippen molar-refractivity contribution in [3.63, 3.8) is 0 Å². The minimum atomic E-state index is -1.41. The van der Waals surface area contributed by atoms with Crippen molar-refractivity contribution in [1.82, 2.24) is 5.32 Å². The van der Waals surface area contributed by atoms with Gasteiger partial charge in [0.15, 0.2) is 6.10 Å². The van der Waals surface area contributed by atoms with E-state index in [0.717, 1.165) is 12.8 Å². The van der Waals surface area contributed by atoms with E-state index >= 15 is 0 Å². The molecule has 0 aliphatic rings. The largest absolute Gasteiger partial charge is 0.444 e. The second-order valence-corrected chi connectivity index (χ2v) is 6.02. The number of hydrogen-bond donors (Lipinski definition) is 3. The number of hydrogen-bond acceptors (Lipinski definition) is 4. The zero-order valence-corrected chi connectivity index (χ0v) is 13.1. The number of alkyl carbamates (subject to hydrolysis) is 1. The van der Waals surface area contributed by atoms with Crippen molar-refractivity contribution >= 4 is 12.0 Å². The van der Waals surface area contributed by atoms with E-state index in [0.29, 0.717) is 12.3 Å². The number of ether oxygens (including phenoxy) is 1. The maximum absolute atomic E-state index is 11.8. The summed E-state index contributed by atoms with van der Waals surface area (Å²) in [7, 11) is 0. The molecule has 118 valence electrons. The molecule has 0 aromatic rings. The van der Waals surface area contributed by atoms with Crippen LogP contribution in [0.2, 0.25) is 0 Å². The third kappa shape index (κ3) is 7.33. The minimum Gasteiger partial charge on any atom is -0.444 e. The van der Waals surface area contributed by atoms with Crippen molar-refractivity contribution in [3.8, 4) is 0 Å². The van der Waals surface area contributed by atoms with Gasteiger partial charge in [0.1, 0.15) is 5.60 Å². The van der Waals surface area contributed by atoms with Gasteiger partial charge in [-0.05, 0) is 33.1 Å². The Morgan fingerprint density at radius 2 is 1.75 bits per heavy atom. The lowest BCUT2D eigenvalue weighted by Gasteiger charge is -2.27. The summed E-state index contributed by atoms with van der Waals surface area (Å²) < 4.78 is 5.13. The molecule has 0 rings (SSSR count). The summed E-state index contributed by atoms with van der Waals surface area (Å²) in [6.45, 7) is 9.28. The van der Waals surface area contributed by atoms with Gasteiger partial charge in [-0.15, -0.1) is 0 Å². The first kappa shape index (κ1) is 18.7. The van der Waals surface area contributed by atoms with E-state index in [4.69, 9.17) is 10.5 Å². The summed E-state index contributed by atoms with van der Waals surface area (Å²) in [5.41, 5.74) is 4.48. The fraction of sp³-hybridized carbons (Fsp3) is 0.857. The molecule has 6 heteroatoms. The van der Waals surface area contributed by atoms with E-state index in [1.807, 2.05) is 13.8 Å².